The molecule has 1 saturated heterocycles. The van der Waals surface area contributed by atoms with Gasteiger partial charge in [0, 0.05) is 25.2 Å². The van der Waals surface area contributed by atoms with Crippen LogP contribution < -0.4 is 5.32 Å². The van der Waals surface area contributed by atoms with E-state index in [0.717, 1.165) is 19.7 Å². The Kier molecular flexibility index (Phi) is 5.42. The lowest BCUT2D eigenvalue weighted by molar-refractivity contribution is 0.0731. The molecule has 0 bridgehead atoms. The quantitative estimate of drug-likeness (QED) is 0.799. The van der Waals surface area contributed by atoms with Crippen LogP contribution in [0.2, 0.25) is 0 Å². The lowest BCUT2D eigenvalue weighted by atomic mass is 9.86. The van der Waals surface area contributed by atoms with Gasteiger partial charge in [-0.15, -0.1) is 0 Å². The van der Waals surface area contributed by atoms with Crippen LogP contribution in [-0.4, -0.2) is 49.8 Å². The second-order valence-electron chi connectivity index (χ2n) is 6.35. The first kappa shape index (κ1) is 14.9. The van der Waals surface area contributed by atoms with Gasteiger partial charge in [-0.05, 0) is 32.4 Å². The van der Waals surface area contributed by atoms with Gasteiger partial charge in [-0.3, -0.25) is 4.90 Å². The van der Waals surface area contributed by atoms with Crippen molar-refractivity contribution in [3.8, 4) is 0 Å². The Morgan fingerprint density at radius 3 is 2.47 bits per heavy atom. The first-order valence-electron chi connectivity index (χ1n) is 6.91. The maximum Gasteiger partial charge on any atom is 0.0702 e. The van der Waals surface area contributed by atoms with Crippen molar-refractivity contribution in [3.05, 3.63) is 0 Å². The molecular formula is C14H30N2O. The Morgan fingerprint density at radius 1 is 1.41 bits per heavy atom. The third-order valence-corrected chi connectivity index (χ3v) is 3.87. The number of hydrogen-bond acceptors (Lipinski definition) is 3. The Bertz CT molecular complexity index is 225. The van der Waals surface area contributed by atoms with E-state index in [1.165, 1.54) is 6.42 Å². The minimum absolute atomic E-state index is 0.299. The molecule has 0 aromatic heterocycles. The second kappa shape index (κ2) is 6.17. The molecule has 3 atom stereocenters. The first-order valence-corrected chi connectivity index (χ1v) is 6.91. The summed E-state index contributed by atoms with van der Waals surface area (Å²) in [5, 5.41) is 3.61. The molecule has 0 spiro atoms. The van der Waals surface area contributed by atoms with Crippen molar-refractivity contribution >= 4 is 0 Å². The number of ether oxygens (including phenoxy) is 1. The van der Waals surface area contributed by atoms with Gasteiger partial charge in [-0.25, -0.2) is 0 Å². The summed E-state index contributed by atoms with van der Waals surface area (Å²) in [4.78, 5) is 2.47. The molecule has 0 aromatic carbocycles. The van der Waals surface area contributed by atoms with Gasteiger partial charge in [0.05, 0.1) is 6.10 Å². The first-order chi connectivity index (χ1) is 7.86. The maximum absolute atomic E-state index is 5.65. The molecule has 1 N–H and O–H groups in total. The van der Waals surface area contributed by atoms with Gasteiger partial charge >= 0.3 is 0 Å². The van der Waals surface area contributed by atoms with Crippen LogP contribution in [0, 0.1) is 5.41 Å². The molecule has 102 valence electrons. The molecule has 3 heteroatoms. The fourth-order valence-electron chi connectivity index (χ4n) is 2.61. The standard InChI is InChI=1S/C14H30N2O/c1-7-15-13(14(3,4)5)10-16(6)12-8-9-17-11(12)2/h11-13,15H,7-10H2,1-6H3. The normalized spacial score (nSPS) is 27.7. The minimum atomic E-state index is 0.299. The van der Waals surface area contributed by atoms with E-state index in [1.54, 1.807) is 0 Å². The lowest BCUT2D eigenvalue weighted by Crippen LogP contribution is -2.51. The van der Waals surface area contributed by atoms with E-state index in [-0.39, 0.29) is 0 Å². The fraction of sp³-hybridized carbons (Fsp3) is 1.00. The van der Waals surface area contributed by atoms with Crippen LogP contribution in [0.5, 0.6) is 0 Å². The largest absolute Gasteiger partial charge is 0.377 e. The number of rotatable bonds is 5. The molecule has 0 amide bonds. The Hall–Kier alpha value is -0.120. The molecule has 0 aromatic rings. The van der Waals surface area contributed by atoms with E-state index in [0.29, 0.717) is 23.6 Å². The third kappa shape index (κ3) is 4.23. The summed E-state index contributed by atoms with van der Waals surface area (Å²) >= 11 is 0. The minimum Gasteiger partial charge on any atom is -0.377 e. The van der Waals surface area contributed by atoms with Crippen molar-refractivity contribution < 1.29 is 4.74 Å². The molecule has 1 aliphatic heterocycles. The molecule has 0 aliphatic carbocycles. The van der Waals surface area contributed by atoms with Gasteiger partial charge < -0.3 is 10.1 Å². The maximum atomic E-state index is 5.65. The topological polar surface area (TPSA) is 24.5 Å². The number of nitrogens with one attached hydrogen (secondary N) is 1. The second-order valence-corrected chi connectivity index (χ2v) is 6.35. The van der Waals surface area contributed by atoms with Gasteiger partial charge in [0.2, 0.25) is 0 Å². The number of nitrogens with zero attached hydrogens (tertiary/aromatic N) is 1. The van der Waals surface area contributed by atoms with Gasteiger partial charge in [0.15, 0.2) is 0 Å². The molecule has 1 fully saturated rings. The highest BCUT2D eigenvalue weighted by Gasteiger charge is 2.31. The average molecular weight is 242 g/mol. The summed E-state index contributed by atoms with van der Waals surface area (Å²) < 4.78 is 5.65. The zero-order valence-corrected chi connectivity index (χ0v) is 12.4. The molecule has 3 nitrogen and oxygen atoms in total. The summed E-state index contributed by atoms with van der Waals surface area (Å²) in [6.07, 6.45) is 1.54. The van der Waals surface area contributed by atoms with E-state index in [1.807, 2.05) is 0 Å². The van der Waals surface area contributed by atoms with Crippen LogP contribution in [0.3, 0.4) is 0 Å². The summed E-state index contributed by atoms with van der Waals surface area (Å²) in [5.41, 5.74) is 0.299. The summed E-state index contributed by atoms with van der Waals surface area (Å²) in [7, 11) is 2.23. The van der Waals surface area contributed by atoms with Crippen molar-refractivity contribution in [2.75, 3.05) is 26.7 Å². The van der Waals surface area contributed by atoms with Gasteiger partial charge in [-0.1, -0.05) is 27.7 Å². The molecule has 0 saturated carbocycles. The number of hydrogen-bond donors (Lipinski definition) is 1. The van der Waals surface area contributed by atoms with Crippen LogP contribution in [-0.2, 0) is 4.74 Å². The van der Waals surface area contributed by atoms with E-state index in [4.69, 9.17) is 4.74 Å². The summed E-state index contributed by atoms with van der Waals surface area (Å²) in [5.74, 6) is 0. The molecule has 3 unspecified atom stereocenters. The average Bonchev–Trinajstić information content (AvgIpc) is 2.62. The predicted molar refractivity (Wildman–Crippen MR) is 73.4 cm³/mol. The van der Waals surface area contributed by atoms with Crippen molar-refractivity contribution in [1.82, 2.24) is 10.2 Å². The van der Waals surface area contributed by atoms with E-state index in [9.17, 15) is 0 Å². The Morgan fingerprint density at radius 2 is 2.06 bits per heavy atom. The fourth-order valence-corrected chi connectivity index (χ4v) is 2.61. The molecule has 0 radical (unpaired) electrons. The van der Waals surface area contributed by atoms with Crippen molar-refractivity contribution in [2.45, 2.75) is 59.2 Å². The molecular weight excluding hydrogens is 212 g/mol. The van der Waals surface area contributed by atoms with Gasteiger partial charge in [0.25, 0.3) is 0 Å². The van der Waals surface area contributed by atoms with E-state index >= 15 is 0 Å². The SMILES string of the molecule is CCNC(CN(C)C1CCOC1C)C(C)(C)C. The monoisotopic (exact) mass is 242 g/mol. The summed E-state index contributed by atoms with van der Waals surface area (Å²) in [6.45, 7) is 14.3. The summed E-state index contributed by atoms with van der Waals surface area (Å²) in [6, 6.07) is 1.11. The van der Waals surface area contributed by atoms with Gasteiger partial charge in [0.1, 0.15) is 0 Å². The van der Waals surface area contributed by atoms with E-state index in [2.05, 4.69) is 51.9 Å². The lowest BCUT2D eigenvalue weighted by Gasteiger charge is -2.37. The zero-order valence-electron chi connectivity index (χ0n) is 12.4. The van der Waals surface area contributed by atoms with Crippen molar-refractivity contribution in [3.63, 3.8) is 0 Å². The third-order valence-electron chi connectivity index (χ3n) is 3.87. The highest BCUT2D eigenvalue weighted by atomic mass is 16.5. The molecule has 1 aliphatic rings. The van der Waals surface area contributed by atoms with Crippen LogP contribution in [0.1, 0.15) is 41.0 Å². The molecule has 17 heavy (non-hydrogen) atoms. The highest BCUT2D eigenvalue weighted by Crippen LogP contribution is 2.23. The van der Waals surface area contributed by atoms with Crippen molar-refractivity contribution in [1.29, 1.82) is 0 Å². The van der Waals surface area contributed by atoms with Crippen LogP contribution in [0.15, 0.2) is 0 Å². The van der Waals surface area contributed by atoms with Gasteiger partial charge in [-0.2, -0.15) is 0 Å². The predicted octanol–water partition coefficient (Wildman–Crippen LogP) is 2.12. The van der Waals surface area contributed by atoms with Crippen LogP contribution >= 0.6 is 0 Å². The van der Waals surface area contributed by atoms with Crippen molar-refractivity contribution in [2.24, 2.45) is 5.41 Å². The van der Waals surface area contributed by atoms with Crippen LogP contribution in [0.4, 0.5) is 0 Å². The van der Waals surface area contributed by atoms with Crippen LogP contribution in [0.25, 0.3) is 0 Å². The molecule has 1 rings (SSSR count). The Labute approximate surface area is 107 Å². The highest BCUT2D eigenvalue weighted by molar-refractivity contribution is 4.87. The number of likely N-dealkylation sites (N-methyl/N-ethyl adjacent to an activating group) is 2. The Balaban J connectivity index is 2.54. The smallest absolute Gasteiger partial charge is 0.0702 e. The molecule has 1 heterocycles. The zero-order chi connectivity index (χ0) is 13.1. The van der Waals surface area contributed by atoms with E-state index < -0.39 is 0 Å².